The zero-order chi connectivity index (χ0) is 17.5. The smallest absolute Gasteiger partial charge is 0.338 e. The van der Waals surface area contributed by atoms with Crippen LogP contribution in [-0.4, -0.2) is 18.5 Å². The summed E-state index contributed by atoms with van der Waals surface area (Å²) in [4.78, 5) is 23.8. The summed E-state index contributed by atoms with van der Waals surface area (Å²) >= 11 is 6.08. The van der Waals surface area contributed by atoms with Gasteiger partial charge in [0.05, 0.1) is 23.2 Å². The van der Waals surface area contributed by atoms with Crippen molar-refractivity contribution in [3.63, 3.8) is 0 Å². The van der Waals surface area contributed by atoms with Gasteiger partial charge in [0.15, 0.2) is 6.61 Å². The molecule has 24 heavy (non-hydrogen) atoms. The number of hydrogen-bond acceptors (Lipinski definition) is 4. The van der Waals surface area contributed by atoms with E-state index in [1.807, 2.05) is 18.2 Å². The standard InChI is InChI=1S/C18H15ClN2O3/c1-12(15-7-2-3-8-16(15)19)21-17(22)11-24-18(23)14-6-4-5-13(9-14)10-20/h2-9,12H,11H2,1H3,(H,21,22)/t12-/m1/s1. The predicted octanol–water partition coefficient (Wildman–Crippen LogP) is 3.25. The Bertz CT molecular complexity index is 799. The van der Waals surface area contributed by atoms with Crippen LogP contribution in [0.3, 0.4) is 0 Å². The Hall–Kier alpha value is -2.84. The van der Waals surface area contributed by atoms with Gasteiger partial charge in [-0.25, -0.2) is 4.79 Å². The van der Waals surface area contributed by atoms with E-state index in [4.69, 9.17) is 21.6 Å². The minimum Gasteiger partial charge on any atom is -0.452 e. The third kappa shape index (κ3) is 4.58. The van der Waals surface area contributed by atoms with E-state index in [-0.39, 0.29) is 11.6 Å². The number of amides is 1. The van der Waals surface area contributed by atoms with Crippen LogP contribution in [0, 0.1) is 11.3 Å². The molecular weight excluding hydrogens is 328 g/mol. The van der Waals surface area contributed by atoms with Gasteiger partial charge >= 0.3 is 5.97 Å². The zero-order valence-electron chi connectivity index (χ0n) is 13.0. The number of carbonyl (C=O) groups excluding carboxylic acids is 2. The van der Waals surface area contributed by atoms with Gasteiger partial charge in [-0.05, 0) is 36.8 Å². The summed E-state index contributed by atoms with van der Waals surface area (Å²) < 4.78 is 4.96. The molecule has 0 saturated heterocycles. The number of nitrogens with one attached hydrogen (secondary N) is 1. The van der Waals surface area contributed by atoms with E-state index in [9.17, 15) is 9.59 Å². The normalized spacial score (nSPS) is 11.2. The summed E-state index contributed by atoms with van der Waals surface area (Å²) in [6.45, 7) is 1.38. The first-order chi connectivity index (χ1) is 11.5. The molecule has 0 saturated carbocycles. The Kier molecular flexibility index (Phi) is 5.94. The van der Waals surface area contributed by atoms with Crippen LogP contribution in [0.15, 0.2) is 48.5 Å². The molecule has 2 aromatic carbocycles. The number of carbonyl (C=O) groups is 2. The molecule has 0 unspecified atom stereocenters. The number of rotatable bonds is 5. The Morgan fingerprint density at radius 2 is 2.00 bits per heavy atom. The summed E-state index contributed by atoms with van der Waals surface area (Å²) in [5.41, 5.74) is 1.35. The van der Waals surface area contributed by atoms with Crippen LogP contribution in [0.1, 0.15) is 34.5 Å². The van der Waals surface area contributed by atoms with Crippen molar-refractivity contribution in [2.24, 2.45) is 0 Å². The Balaban J connectivity index is 1.90. The summed E-state index contributed by atoms with van der Waals surface area (Å²) in [6, 6.07) is 14.9. The molecule has 122 valence electrons. The first-order valence-electron chi connectivity index (χ1n) is 7.22. The van der Waals surface area contributed by atoms with Gasteiger partial charge in [0.2, 0.25) is 0 Å². The highest BCUT2D eigenvalue weighted by atomic mass is 35.5. The lowest BCUT2D eigenvalue weighted by molar-refractivity contribution is -0.124. The molecule has 5 nitrogen and oxygen atoms in total. The van der Waals surface area contributed by atoms with E-state index in [0.717, 1.165) is 5.56 Å². The maximum Gasteiger partial charge on any atom is 0.338 e. The predicted molar refractivity (Wildman–Crippen MR) is 89.4 cm³/mol. The molecular formula is C18H15ClN2O3. The number of nitrogens with zero attached hydrogens (tertiary/aromatic N) is 1. The van der Waals surface area contributed by atoms with Crippen LogP contribution in [-0.2, 0) is 9.53 Å². The number of ether oxygens (including phenoxy) is 1. The molecule has 0 heterocycles. The topological polar surface area (TPSA) is 79.2 Å². The summed E-state index contributed by atoms with van der Waals surface area (Å²) in [6.07, 6.45) is 0. The third-order valence-electron chi connectivity index (χ3n) is 3.31. The van der Waals surface area contributed by atoms with Gasteiger partial charge in [-0.1, -0.05) is 35.9 Å². The van der Waals surface area contributed by atoms with E-state index in [2.05, 4.69) is 5.32 Å². The van der Waals surface area contributed by atoms with E-state index in [0.29, 0.717) is 10.6 Å². The quantitative estimate of drug-likeness (QED) is 0.846. The number of halogens is 1. The van der Waals surface area contributed by atoms with Gasteiger partial charge < -0.3 is 10.1 Å². The zero-order valence-corrected chi connectivity index (χ0v) is 13.7. The van der Waals surface area contributed by atoms with Crippen molar-refractivity contribution in [3.8, 4) is 6.07 Å². The van der Waals surface area contributed by atoms with Crippen molar-refractivity contribution in [1.29, 1.82) is 5.26 Å². The van der Waals surface area contributed by atoms with Gasteiger partial charge in [0.25, 0.3) is 5.91 Å². The van der Waals surface area contributed by atoms with Gasteiger partial charge in [0, 0.05) is 5.02 Å². The maximum absolute atomic E-state index is 11.9. The third-order valence-corrected chi connectivity index (χ3v) is 3.66. The average Bonchev–Trinajstić information content (AvgIpc) is 2.60. The lowest BCUT2D eigenvalue weighted by Crippen LogP contribution is -2.31. The van der Waals surface area contributed by atoms with E-state index in [1.54, 1.807) is 31.2 Å². The van der Waals surface area contributed by atoms with Crippen LogP contribution in [0.25, 0.3) is 0 Å². The number of benzene rings is 2. The molecule has 1 N–H and O–H groups in total. The fraction of sp³-hybridized carbons (Fsp3) is 0.167. The summed E-state index contributed by atoms with van der Waals surface area (Å²) in [5.74, 6) is -1.10. The molecule has 0 aliphatic heterocycles. The first-order valence-corrected chi connectivity index (χ1v) is 7.60. The number of nitriles is 1. The Morgan fingerprint density at radius 1 is 1.25 bits per heavy atom. The van der Waals surface area contributed by atoms with Crippen LogP contribution in [0.5, 0.6) is 0 Å². The van der Waals surface area contributed by atoms with Crippen LogP contribution in [0.4, 0.5) is 0 Å². The molecule has 0 aromatic heterocycles. The fourth-order valence-electron chi connectivity index (χ4n) is 2.12. The monoisotopic (exact) mass is 342 g/mol. The SMILES string of the molecule is C[C@@H](NC(=O)COC(=O)c1cccc(C#N)c1)c1ccccc1Cl. The van der Waals surface area contributed by atoms with Crippen molar-refractivity contribution >= 4 is 23.5 Å². The molecule has 0 fully saturated rings. The molecule has 1 atom stereocenters. The highest BCUT2D eigenvalue weighted by Gasteiger charge is 2.14. The second-order valence-corrected chi connectivity index (χ2v) is 5.49. The number of esters is 1. The van der Waals surface area contributed by atoms with Crippen molar-refractivity contribution in [3.05, 3.63) is 70.2 Å². The molecule has 2 aromatic rings. The van der Waals surface area contributed by atoms with Crippen LogP contribution in [0.2, 0.25) is 5.02 Å². The molecule has 0 aliphatic carbocycles. The van der Waals surface area contributed by atoms with Gasteiger partial charge in [-0.2, -0.15) is 5.26 Å². The number of hydrogen-bond donors (Lipinski definition) is 1. The minimum absolute atomic E-state index is 0.223. The van der Waals surface area contributed by atoms with Crippen molar-refractivity contribution < 1.29 is 14.3 Å². The Morgan fingerprint density at radius 3 is 2.71 bits per heavy atom. The molecule has 6 heteroatoms. The van der Waals surface area contributed by atoms with Gasteiger partial charge in [0.1, 0.15) is 0 Å². The van der Waals surface area contributed by atoms with Gasteiger partial charge in [-0.3, -0.25) is 4.79 Å². The van der Waals surface area contributed by atoms with E-state index in [1.165, 1.54) is 12.1 Å². The second-order valence-electron chi connectivity index (χ2n) is 5.08. The Labute approximate surface area is 144 Å². The van der Waals surface area contributed by atoms with Crippen molar-refractivity contribution in [2.75, 3.05) is 6.61 Å². The van der Waals surface area contributed by atoms with Crippen molar-refractivity contribution in [2.45, 2.75) is 13.0 Å². The van der Waals surface area contributed by atoms with E-state index >= 15 is 0 Å². The fourth-order valence-corrected chi connectivity index (χ4v) is 2.42. The molecule has 1 amide bonds. The van der Waals surface area contributed by atoms with Gasteiger partial charge in [-0.15, -0.1) is 0 Å². The lowest BCUT2D eigenvalue weighted by atomic mass is 10.1. The molecule has 0 radical (unpaired) electrons. The maximum atomic E-state index is 11.9. The highest BCUT2D eigenvalue weighted by molar-refractivity contribution is 6.31. The lowest BCUT2D eigenvalue weighted by Gasteiger charge is -2.15. The highest BCUT2D eigenvalue weighted by Crippen LogP contribution is 2.21. The molecule has 0 aliphatic rings. The minimum atomic E-state index is -0.660. The molecule has 0 bridgehead atoms. The van der Waals surface area contributed by atoms with Crippen molar-refractivity contribution in [1.82, 2.24) is 5.32 Å². The second kappa shape index (κ2) is 8.14. The largest absolute Gasteiger partial charge is 0.452 e. The average molecular weight is 343 g/mol. The summed E-state index contributed by atoms with van der Waals surface area (Å²) in [7, 11) is 0. The van der Waals surface area contributed by atoms with Crippen LogP contribution >= 0.6 is 11.6 Å². The summed E-state index contributed by atoms with van der Waals surface area (Å²) in [5, 5.41) is 12.1. The molecule has 2 rings (SSSR count). The molecule has 0 spiro atoms. The van der Waals surface area contributed by atoms with E-state index < -0.39 is 18.5 Å². The first kappa shape index (κ1) is 17.5. The van der Waals surface area contributed by atoms with Crippen LogP contribution < -0.4 is 5.32 Å².